The Bertz CT molecular complexity index is 1060. The second kappa shape index (κ2) is 8.67. The molecule has 1 aromatic heterocycles. The van der Waals surface area contributed by atoms with Crippen molar-refractivity contribution >= 4 is 44.2 Å². The predicted molar refractivity (Wildman–Crippen MR) is 127 cm³/mol. The van der Waals surface area contributed by atoms with Crippen molar-refractivity contribution in [3.63, 3.8) is 0 Å². The first-order valence-corrected chi connectivity index (χ1v) is 11.4. The van der Waals surface area contributed by atoms with E-state index in [1.807, 2.05) is 39.0 Å². The first-order chi connectivity index (χ1) is 14.8. The summed E-state index contributed by atoms with van der Waals surface area (Å²) < 4.78 is 1.20. The summed E-state index contributed by atoms with van der Waals surface area (Å²) in [6.45, 7) is 7.32. The summed E-state index contributed by atoms with van der Waals surface area (Å²) in [7, 11) is 0. The lowest BCUT2D eigenvalue weighted by Gasteiger charge is -2.32. The lowest BCUT2D eigenvalue weighted by Crippen LogP contribution is -2.44. The third-order valence-corrected chi connectivity index (χ3v) is 6.54. The van der Waals surface area contributed by atoms with Crippen LogP contribution in [-0.4, -0.2) is 35.9 Å². The molecule has 3 aromatic rings. The van der Waals surface area contributed by atoms with Crippen molar-refractivity contribution in [2.75, 3.05) is 23.3 Å². The zero-order chi connectivity index (χ0) is 22.0. The number of thiazole rings is 1. The largest absolute Gasteiger partial charge is 0.349 e. The summed E-state index contributed by atoms with van der Waals surface area (Å²) in [6, 6.07) is 15.4. The van der Waals surface area contributed by atoms with Crippen molar-refractivity contribution in [2.24, 2.45) is 5.41 Å². The number of piperidine rings is 1. The van der Waals surface area contributed by atoms with E-state index < -0.39 is 5.41 Å². The molecule has 2 N–H and O–H groups in total. The first-order valence-electron chi connectivity index (χ1n) is 10.6. The van der Waals surface area contributed by atoms with Gasteiger partial charge in [0.2, 0.25) is 5.91 Å². The lowest BCUT2D eigenvalue weighted by atomic mass is 9.95. The molecule has 162 valence electrons. The van der Waals surface area contributed by atoms with Gasteiger partial charge in [-0.1, -0.05) is 50.3 Å². The molecule has 1 aliphatic heterocycles. The lowest BCUT2D eigenvalue weighted by molar-refractivity contribution is -0.123. The highest BCUT2D eigenvalue weighted by Crippen LogP contribution is 2.30. The molecule has 6 nitrogen and oxygen atoms in total. The van der Waals surface area contributed by atoms with Crippen LogP contribution in [0.25, 0.3) is 10.2 Å². The van der Waals surface area contributed by atoms with Crippen LogP contribution in [0.4, 0.5) is 10.8 Å². The molecule has 0 spiro atoms. The summed E-state index contributed by atoms with van der Waals surface area (Å²) in [4.78, 5) is 32.0. The second-order valence-electron chi connectivity index (χ2n) is 8.98. The molecular formula is C24H28N4O2S. The minimum atomic E-state index is -0.491. The minimum absolute atomic E-state index is 0.0766. The predicted octanol–water partition coefficient (Wildman–Crippen LogP) is 4.68. The van der Waals surface area contributed by atoms with Crippen LogP contribution in [-0.2, 0) is 4.79 Å². The molecule has 1 fully saturated rings. The monoisotopic (exact) mass is 436 g/mol. The van der Waals surface area contributed by atoms with Crippen LogP contribution in [0.2, 0.25) is 0 Å². The Labute approximate surface area is 186 Å². The van der Waals surface area contributed by atoms with E-state index in [0.29, 0.717) is 11.3 Å². The number of nitrogens with one attached hydrogen (secondary N) is 2. The Balaban J connectivity index is 1.34. The van der Waals surface area contributed by atoms with Crippen LogP contribution in [0.3, 0.4) is 0 Å². The standard InChI is InChI=1S/C24H28N4O2S/c1-24(2,3)22(30)26-18-8-6-7-16(15-18)21(29)25-17-11-13-28(14-12-17)23-27-19-9-4-5-10-20(19)31-23/h4-10,15,17H,11-14H2,1-3H3,(H,25,29)(H,26,30). The average molecular weight is 437 g/mol. The Morgan fingerprint density at radius 3 is 2.52 bits per heavy atom. The number of benzene rings is 2. The number of fused-ring (bicyclic) bond motifs is 1. The van der Waals surface area contributed by atoms with E-state index in [2.05, 4.69) is 21.6 Å². The van der Waals surface area contributed by atoms with E-state index in [1.165, 1.54) is 4.70 Å². The van der Waals surface area contributed by atoms with Gasteiger partial charge in [0.25, 0.3) is 5.91 Å². The molecule has 0 saturated carbocycles. The van der Waals surface area contributed by atoms with Crippen molar-refractivity contribution in [1.82, 2.24) is 10.3 Å². The van der Waals surface area contributed by atoms with Crippen molar-refractivity contribution in [3.05, 3.63) is 54.1 Å². The Morgan fingerprint density at radius 2 is 1.81 bits per heavy atom. The molecule has 1 aliphatic rings. The maximum absolute atomic E-state index is 12.8. The fourth-order valence-corrected chi connectivity index (χ4v) is 4.55. The zero-order valence-corrected chi connectivity index (χ0v) is 19.0. The minimum Gasteiger partial charge on any atom is -0.349 e. The Hall–Kier alpha value is -2.93. The van der Waals surface area contributed by atoms with E-state index in [9.17, 15) is 9.59 Å². The quantitative estimate of drug-likeness (QED) is 0.623. The van der Waals surface area contributed by atoms with E-state index in [1.54, 1.807) is 35.6 Å². The fraction of sp³-hybridized carbons (Fsp3) is 0.375. The molecule has 0 unspecified atom stereocenters. The SMILES string of the molecule is CC(C)(C)C(=O)Nc1cccc(C(=O)NC2CCN(c3nc4ccccc4s3)CC2)c1. The number of carbonyl (C=O) groups excluding carboxylic acids is 2. The molecule has 2 heterocycles. The van der Waals surface area contributed by atoms with Gasteiger partial charge in [-0.15, -0.1) is 0 Å². The van der Waals surface area contributed by atoms with Crippen molar-refractivity contribution in [3.8, 4) is 0 Å². The first kappa shape index (κ1) is 21.3. The van der Waals surface area contributed by atoms with Crippen LogP contribution in [0.5, 0.6) is 0 Å². The molecule has 0 bridgehead atoms. The highest BCUT2D eigenvalue weighted by Gasteiger charge is 2.24. The molecule has 31 heavy (non-hydrogen) atoms. The highest BCUT2D eigenvalue weighted by molar-refractivity contribution is 7.22. The number of amides is 2. The van der Waals surface area contributed by atoms with Gasteiger partial charge in [0.05, 0.1) is 10.2 Å². The summed E-state index contributed by atoms with van der Waals surface area (Å²) in [5.41, 5.74) is 1.74. The number of anilines is 2. The van der Waals surface area contributed by atoms with Crippen LogP contribution in [0, 0.1) is 5.41 Å². The third-order valence-electron chi connectivity index (χ3n) is 5.45. The van der Waals surface area contributed by atoms with Gasteiger partial charge in [0.15, 0.2) is 5.13 Å². The van der Waals surface area contributed by atoms with Gasteiger partial charge in [0.1, 0.15) is 0 Å². The fourth-order valence-electron chi connectivity index (χ4n) is 3.54. The number of hydrogen-bond donors (Lipinski definition) is 2. The maximum atomic E-state index is 12.8. The summed E-state index contributed by atoms with van der Waals surface area (Å²) in [5, 5.41) is 7.08. The van der Waals surface area contributed by atoms with Crippen LogP contribution < -0.4 is 15.5 Å². The van der Waals surface area contributed by atoms with Crippen LogP contribution in [0.1, 0.15) is 44.0 Å². The molecule has 2 amide bonds. The Kier molecular flexibility index (Phi) is 5.96. The molecule has 1 saturated heterocycles. The van der Waals surface area contributed by atoms with E-state index in [4.69, 9.17) is 4.98 Å². The topological polar surface area (TPSA) is 74.3 Å². The highest BCUT2D eigenvalue weighted by atomic mass is 32.1. The third kappa shape index (κ3) is 5.05. The maximum Gasteiger partial charge on any atom is 0.251 e. The molecule has 0 radical (unpaired) electrons. The molecular weight excluding hydrogens is 408 g/mol. The van der Waals surface area contributed by atoms with Gasteiger partial charge in [-0.2, -0.15) is 0 Å². The Morgan fingerprint density at radius 1 is 1.06 bits per heavy atom. The van der Waals surface area contributed by atoms with Gasteiger partial charge in [-0.3, -0.25) is 9.59 Å². The van der Waals surface area contributed by atoms with Crippen molar-refractivity contribution in [2.45, 2.75) is 39.7 Å². The summed E-state index contributed by atoms with van der Waals surface area (Å²) in [5.74, 6) is -0.183. The smallest absolute Gasteiger partial charge is 0.251 e. The number of nitrogens with zero attached hydrogens (tertiary/aromatic N) is 2. The summed E-state index contributed by atoms with van der Waals surface area (Å²) >= 11 is 1.72. The van der Waals surface area contributed by atoms with E-state index >= 15 is 0 Å². The second-order valence-corrected chi connectivity index (χ2v) is 9.99. The van der Waals surface area contributed by atoms with Gasteiger partial charge >= 0.3 is 0 Å². The normalized spacial score (nSPS) is 15.1. The number of para-hydroxylation sites is 1. The summed E-state index contributed by atoms with van der Waals surface area (Å²) in [6.07, 6.45) is 1.75. The van der Waals surface area contributed by atoms with Crippen LogP contribution in [0.15, 0.2) is 48.5 Å². The van der Waals surface area contributed by atoms with Gasteiger partial charge in [-0.05, 0) is 43.2 Å². The number of aromatic nitrogens is 1. The van der Waals surface area contributed by atoms with Crippen LogP contribution >= 0.6 is 11.3 Å². The number of carbonyl (C=O) groups is 2. The molecule has 2 aromatic carbocycles. The number of rotatable bonds is 4. The average Bonchev–Trinajstić information content (AvgIpc) is 3.18. The van der Waals surface area contributed by atoms with Gasteiger partial charge < -0.3 is 15.5 Å². The molecule has 4 rings (SSSR count). The van der Waals surface area contributed by atoms with E-state index in [-0.39, 0.29) is 17.9 Å². The van der Waals surface area contributed by atoms with Crippen molar-refractivity contribution in [1.29, 1.82) is 0 Å². The van der Waals surface area contributed by atoms with Gasteiger partial charge in [0, 0.05) is 35.8 Å². The van der Waals surface area contributed by atoms with E-state index in [0.717, 1.165) is 36.6 Å². The van der Waals surface area contributed by atoms with Gasteiger partial charge in [-0.25, -0.2) is 4.98 Å². The van der Waals surface area contributed by atoms with Crippen molar-refractivity contribution < 1.29 is 9.59 Å². The zero-order valence-electron chi connectivity index (χ0n) is 18.1. The molecule has 0 atom stereocenters. The molecule has 7 heteroatoms. The molecule has 0 aliphatic carbocycles. The number of hydrogen-bond acceptors (Lipinski definition) is 5.